The van der Waals surface area contributed by atoms with Crippen LogP contribution >= 0.6 is 0 Å². The molecule has 1 aliphatic carbocycles. The van der Waals surface area contributed by atoms with E-state index in [0.29, 0.717) is 11.7 Å². The highest BCUT2D eigenvalue weighted by molar-refractivity contribution is 5.95. The topological polar surface area (TPSA) is 33.2 Å². The van der Waals surface area contributed by atoms with Gasteiger partial charge in [0.2, 0.25) is 0 Å². The highest BCUT2D eigenvalue weighted by Crippen LogP contribution is 2.22. The molecule has 1 aromatic rings. The largest absolute Gasteiger partial charge is 0.303 e. The molecule has 0 amide bonds. The van der Waals surface area contributed by atoms with Crippen molar-refractivity contribution in [2.45, 2.75) is 45.1 Å². The highest BCUT2D eigenvalue weighted by atomic mass is 19.1. The summed E-state index contributed by atoms with van der Waals surface area (Å²) in [6, 6.07) is 3.35. The molecule has 1 aromatic heterocycles. The van der Waals surface area contributed by atoms with Crippen LogP contribution in [-0.4, -0.2) is 35.3 Å². The van der Waals surface area contributed by atoms with E-state index in [0.717, 1.165) is 12.7 Å². The van der Waals surface area contributed by atoms with Crippen LogP contribution in [0.2, 0.25) is 0 Å². The predicted octanol–water partition coefficient (Wildman–Crippen LogP) is 3.30. The first kappa shape index (κ1) is 15.1. The summed E-state index contributed by atoms with van der Waals surface area (Å²) in [5.74, 6) is -0.527. The van der Waals surface area contributed by atoms with E-state index in [1.807, 2.05) is 6.92 Å². The molecule has 0 N–H and O–H groups in total. The smallest absolute Gasteiger partial charge is 0.185 e. The molecule has 1 aliphatic rings. The molecular formula is C16H23FN2O. The summed E-state index contributed by atoms with van der Waals surface area (Å²) in [5.41, 5.74) is 0.357. The molecule has 0 saturated heterocycles. The van der Waals surface area contributed by atoms with Gasteiger partial charge in [-0.15, -0.1) is 0 Å². The van der Waals surface area contributed by atoms with Gasteiger partial charge in [0, 0.05) is 18.5 Å². The Kier molecular flexibility index (Phi) is 5.24. The minimum Gasteiger partial charge on any atom is -0.303 e. The molecule has 0 aliphatic heterocycles. The number of hydrogen-bond donors (Lipinski definition) is 0. The van der Waals surface area contributed by atoms with Crippen molar-refractivity contribution in [3.8, 4) is 0 Å². The van der Waals surface area contributed by atoms with E-state index >= 15 is 0 Å². The first-order valence-electron chi connectivity index (χ1n) is 7.44. The number of carbonyl (C=O) groups excluding carboxylic acids is 1. The van der Waals surface area contributed by atoms with Gasteiger partial charge in [-0.05, 0) is 32.0 Å². The van der Waals surface area contributed by atoms with Gasteiger partial charge in [0.15, 0.2) is 5.78 Å². The molecule has 20 heavy (non-hydrogen) atoms. The minimum atomic E-state index is -0.409. The number of ketones is 1. The van der Waals surface area contributed by atoms with Crippen molar-refractivity contribution in [1.82, 2.24) is 9.88 Å². The third-order valence-corrected chi connectivity index (χ3v) is 4.19. The summed E-state index contributed by atoms with van der Waals surface area (Å²) >= 11 is 0. The second kappa shape index (κ2) is 6.93. The Morgan fingerprint density at radius 2 is 2.10 bits per heavy atom. The zero-order valence-corrected chi connectivity index (χ0v) is 12.3. The molecule has 0 aromatic carbocycles. The second-order valence-corrected chi connectivity index (χ2v) is 5.86. The van der Waals surface area contributed by atoms with Gasteiger partial charge in [-0.1, -0.05) is 26.2 Å². The lowest BCUT2D eigenvalue weighted by atomic mass is 9.93. The van der Waals surface area contributed by atoms with Crippen LogP contribution in [0.1, 0.15) is 49.5 Å². The lowest BCUT2D eigenvalue weighted by molar-refractivity contribution is 0.0867. The Balaban J connectivity index is 1.91. The molecule has 0 bridgehead atoms. The van der Waals surface area contributed by atoms with Crippen molar-refractivity contribution >= 4 is 5.78 Å². The maximum Gasteiger partial charge on any atom is 0.185 e. The Morgan fingerprint density at radius 1 is 1.40 bits per heavy atom. The van der Waals surface area contributed by atoms with Crippen LogP contribution in [0.15, 0.2) is 18.3 Å². The van der Waals surface area contributed by atoms with Crippen LogP contribution in [0, 0.1) is 11.7 Å². The van der Waals surface area contributed by atoms with Gasteiger partial charge in [0.05, 0.1) is 6.20 Å². The van der Waals surface area contributed by atoms with E-state index in [-0.39, 0.29) is 11.7 Å². The summed E-state index contributed by atoms with van der Waals surface area (Å²) in [6.07, 6.45) is 7.47. The fraction of sp³-hybridized carbons (Fsp3) is 0.625. The Hall–Kier alpha value is -1.29. The van der Waals surface area contributed by atoms with Gasteiger partial charge in [-0.2, -0.15) is 0 Å². The third kappa shape index (κ3) is 3.85. The van der Waals surface area contributed by atoms with Crippen molar-refractivity contribution in [3.05, 3.63) is 29.8 Å². The summed E-state index contributed by atoms with van der Waals surface area (Å²) in [4.78, 5) is 18.4. The SMILES string of the molecule is CC(CN(C)C1CCCCC1)C(=O)c1ccc(F)cn1. The van der Waals surface area contributed by atoms with Gasteiger partial charge in [-0.3, -0.25) is 9.78 Å². The second-order valence-electron chi connectivity index (χ2n) is 5.86. The molecule has 3 nitrogen and oxygen atoms in total. The number of carbonyl (C=O) groups is 1. The number of Topliss-reactive ketones (excluding diaryl/α,β-unsaturated/α-hetero) is 1. The standard InChI is InChI=1S/C16H23FN2O/c1-12(11-19(2)14-6-4-3-5-7-14)16(20)15-9-8-13(17)10-18-15/h8-10,12,14H,3-7,11H2,1-2H3. The van der Waals surface area contributed by atoms with Crippen molar-refractivity contribution in [1.29, 1.82) is 0 Å². The zero-order valence-electron chi connectivity index (χ0n) is 12.3. The van der Waals surface area contributed by atoms with E-state index in [2.05, 4.69) is 16.9 Å². The number of nitrogens with zero attached hydrogens (tertiary/aromatic N) is 2. The molecule has 4 heteroatoms. The number of rotatable bonds is 5. The van der Waals surface area contributed by atoms with Gasteiger partial charge in [0.1, 0.15) is 11.5 Å². The van der Waals surface area contributed by atoms with Crippen molar-refractivity contribution in [2.75, 3.05) is 13.6 Å². The zero-order chi connectivity index (χ0) is 14.5. The number of pyridine rings is 1. The molecule has 110 valence electrons. The predicted molar refractivity (Wildman–Crippen MR) is 77.2 cm³/mol. The summed E-state index contributed by atoms with van der Waals surface area (Å²) in [6.45, 7) is 2.66. The molecule has 2 rings (SSSR count). The Labute approximate surface area is 120 Å². The van der Waals surface area contributed by atoms with E-state index in [9.17, 15) is 9.18 Å². The fourth-order valence-electron chi connectivity index (χ4n) is 2.96. The van der Waals surface area contributed by atoms with E-state index in [4.69, 9.17) is 0 Å². The van der Waals surface area contributed by atoms with E-state index in [1.54, 1.807) is 0 Å². The Bertz CT molecular complexity index is 440. The molecule has 1 unspecified atom stereocenters. The van der Waals surface area contributed by atoms with Gasteiger partial charge in [0.25, 0.3) is 0 Å². The van der Waals surface area contributed by atoms with Crippen LogP contribution in [0.4, 0.5) is 4.39 Å². The highest BCUT2D eigenvalue weighted by Gasteiger charge is 2.23. The van der Waals surface area contributed by atoms with Crippen LogP contribution in [0.3, 0.4) is 0 Å². The lowest BCUT2D eigenvalue weighted by Crippen LogP contribution is -2.38. The minimum absolute atomic E-state index is 0.00680. The normalized spacial score (nSPS) is 18.2. The third-order valence-electron chi connectivity index (χ3n) is 4.19. The average Bonchev–Trinajstić information content (AvgIpc) is 2.48. The molecule has 0 spiro atoms. The molecule has 1 saturated carbocycles. The Morgan fingerprint density at radius 3 is 2.70 bits per heavy atom. The maximum atomic E-state index is 12.8. The van der Waals surface area contributed by atoms with Crippen LogP contribution in [0.5, 0.6) is 0 Å². The first-order chi connectivity index (χ1) is 9.58. The van der Waals surface area contributed by atoms with Gasteiger partial charge >= 0.3 is 0 Å². The summed E-state index contributed by atoms with van der Waals surface area (Å²) < 4.78 is 12.8. The molecule has 0 radical (unpaired) electrons. The van der Waals surface area contributed by atoms with Crippen LogP contribution < -0.4 is 0 Å². The first-order valence-corrected chi connectivity index (χ1v) is 7.44. The van der Waals surface area contributed by atoms with Crippen molar-refractivity contribution < 1.29 is 9.18 Å². The van der Waals surface area contributed by atoms with Crippen molar-refractivity contribution in [2.24, 2.45) is 5.92 Å². The van der Waals surface area contributed by atoms with Gasteiger partial charge < -0.3 is 4.90 Å². The quantitative estimate of drug-likeness (QED) is 0.775. The fourth-order valence-corrected chi connectivity index (χ4v) is 2.96. The van der Waals surface area contributed by atoms with Gasteiger partial charge in [-0.25, -0.2) is 4.39 Å². The van der Waals surface area contributed by atoms with Crippen molar-refractivity contribution in [3.63, 3.8) is 0 Å². The van der Waals surface area contributed by atoms with Crippen LogP contribution in [-0.2, 0) is 0 Å². The summed E-state index contributed by atoms with van der Waals surface area (Å²) in [7, 11) is 2.10. The van der Waals surface area contributed by atoms with E-state index < -0.39 is 5.82 Å². The number of halogens is 1. The number of aromatic nitrogens is 1. The summed E-state index contributed by atoms with van der Waals surface area (Å²) in [5, 5.41) is 0. The molecule has 1 fully saturated rings. The maximum absolute atomic E-state index is 12.8. The molecule has 1 atom stereocenters. The lowest BCUT2D eigenvalue weighted by Gasteiger charge is -2.32. The monoisotopic (exact) mass is 278 g/mol. The van der Waals surface area contributed by atoms with E-state index in [1.165, 1.54) is 44.2 Å². The average molecular weight is 278 g/mol. The number of hydrogen-bond acceptors (Lipinski definition) is 3. The molecule has 1 heterocycles. The molecular weight excluding hydrogens is 255 g/mol. The van der Waals surface area contributed by atoms with Crippen LogP contribution in [0.25, 0.3) is 0 Å².